The maximum atomic E-state index is 12.5. The highest BCUT2D eigenvalue weighted by molar-refractivity contribution is 7.23. The zero-order valence-electron chi connectivity index (χ0n) is 30.2. The Kier molecular flexibility index (Phi) is 9.63. The Labute approximate surface area is 321 Å². The van der Waals surface area contributed by atoms with Gasteiger partial charge in [0.05, 0.1) is 58.5 Å². The molecule has 0 atom stereocenters. The fraction of sp³-hybridized carbons (Fsp3) is 0.361. The van der Waals surface area contributed by atoms with Crippen molar-refractivity contribution in [2.75, 3.05) is 11.1 Å². The van der Waals surface area contributed by atoms with Crippen molar-refractivity contribution < 1.29 is 23.9 Å². The highest BCUT2D eigenvalue weighted by atomic mass is 32.1. The van der Waals surface area contributed by atoms with Crippen LogP contribution in [0.2, 0.25) is 0 Å². The van der Waals surface area contributed by atoms with E-state index in [1.54, 1.807) is 57.3 Å². The van der Waals surface area contributed by atoms with E-state index in [-0.39, 0.29) is 18.1 Å². The number of hydrogen-bond acceptors (Lipinski definition) is 14. The summed E-state index contributed by atoms with van der Waals surface area (Å²) in [5.41, 5.74) is 10.8. The number of rotatable bonds is 3. The number of nitrogens with one attached hydrogen (secondary N) is 1. The van der Waals surface area contributed by atoms with Crippen molar-refractivity contribution in [2.45, 2.75) is 85.8 Å². The molecule has 2 aliphatic rings. The first-order chi connectivity index (χ1) is 25.0. The number of hydrogen-bond donors (Lipinski definition) is 2. The van der Waals surface area contributed by atoms with E-state index in [0.29, 0.717) is 26.2 Å². The van der Waals surface area contributed by atoms with Gasteiger partial charge >= 0.3 is 12.2 Å². The van der Waals surface area contributed by atoms with Gasteiger partial charge in [-0.15, -0.1) is 45.3 Å². The van der Waals surface area contributed by atoms with E-state index in [4.69, 9.17) is 20.2 Å². The number of carbonyl (C=O) groups is 3. The molecule has 3 amide bonds. The summed E-state index contributed by atoms with van der Waals surface area (Å²) in [4.78, 5) is 59.7. The fourth-order valence-electron chi connectivity index (χ4n) is 5.87. The fourth-order valence-corrected chi connectivity index (χ4v) is 10.4. The molecule has 0 spiro atoms. The standard InChI is InChI=1S/C19H20N4O3S2.C17H18N4O2S2/c1-10(24)21-16-15(17-22-12-7-20-6-5-13(12)27-17)11-8-23(9-14(11)28-16)18(25)26-19(2,3)4;1-17(2,3)23-16(22)21-7-9-12(8-21)24-14(18)13(9)15-20-10-6-19-5-4-11(10)25-15/h5-7H,8-9H2,1-4H3,(H,21,24);4-6H,7-8,18H2,1-3H3. The molecule has 0 saturated carbocycles. The summed E-state index contributed by atoms with van der Waals surface area (Å²) >= 11 is 6.16. The van der Waals surface area contributed by atoms with Gasteiger partial charge in [-0.1, -0.05) is 0 Å². The van der Waals surface area contributed by atoms with Crippen LogP contribution in [0.5, 0.6) is 0 Å². The van der Waals surface area contributed by atoms with Crippen LogP contribution in [0.3, 0.4) is 0 Å². The summed E-state index contributed by atoms with van der Waals surface area (Å²) in [5.74, 6) is -0.132. The number of pyridine rings is 2. The number of thiazole rings is 2. The molecule has 0 bridgehead atoms. The molecular weight excluding hydrogens is 753 g/mol. The molecule has 8 heterocycles. The van der Waals surface area contributed by atoms with Crippen molar-refractivity contribution >= 4 is 93.9 Å². The highest BCUT2D eigenvalue weighted by Crippen LogP contribution is 2.48. The predicted octanol–water partition coefficient (Wildman–Crippen LogP) is 8.88. The highest BCUT2D eigenvalue weighted by Gasteiger charge is 2.35. The van der Waals surface area contributed by atoms with Crippen molar-refractivity contribution in [1.82, 2.24) is 29.7 Å². The van der Waals surface area contributed by atoms with Crippen LogP contribution >= 0.6 is 45.3 Å². The molecule has 0 unspecified atom stereocenters. The lowest BCUT2D eigenvalue weighted by atomic mass is 10.1. The lowest BCUT2D eigenvalue weighted by molar-refractivity contribution is -0.114. The molecule has 0 aliphatic carbocycles. The zero-order valence-corrected chi connectivity index (χ0v) is 33.5. The van der Waals surface area contributed by atoms with Crippen LogP contribution in [-0.2, 0) is 40.4 Å². The molecule has 8 rings (SSSR count). The number of nitrogens with zero attached hydrogens (tertiary/aromatic N) is 6. The van der Waals surface area contributed by atoms with Gasteiger partial charge in [-0.05, 0) is 64.8 Å². The number of amides is 3. The minimum Gasteiger partial charge on any atom is -0.444 e. The van der Waals surface area contributed by atoms with Gasteiger partial charge in [-0.3, -0.25) is 24.6 Å². The second-order valence-corrected chi connectivity index (χ2v) is 18.8. The van der Waals surface area contributed by atoms with E-state index in [2.05, 4.69) is 20.3 Å². The molecule has 276 valence electrons. The predicted molar refractivity (Wildman–Crippen MR) is 211 cm³/mol. The molecule has 53 heavy (non-hydrogen) atoms. The van der Waals surface area contributed by atoms with Crippen LogP contribution in [0.1, 0.15) is 69.3 Å². The zero-order chi connectivity index (χ0) is 37.8. The van der Waals surface area contributed by atoms with Crippen molar-refractivity contribution in [3.05, 3.63) is 57.8 Å². The Balaban J connectivity index is 0.000000165. The lowest BCUT2D eigenvalue weighted by Gasteiger charge is -2.24. The summed E-state index contributed by atoms with van der Waals surface area (Å²) in [6.45, 7) is 14.6. The van der Waals surface area contributed by atoms with E-state index in [0.717, 1.165) is 72.5 Å². The molecular formula is C36H38N8O5S4. The topological polar surface area (TPSA) is 166 Å². The third-order valence-electron chi connectivity index (χ3n) is 7.98. The van der Waals surface area contributed by atoms with Crippen LogP contribution in [0.25, 0.3) is 41.6 Å². The summed E-state index contributed by atoms with van der Waals surface area (Å²) in [6, 6.07) is 3.88. The molecule has 6 aromatic rings. The second-order valence-electron chi connectivity index (χ2n) is 14.5. The Morgan fingerprint density at radius 1 is 0.717 bits per heavy atom. The number of nitrogens with two attached hydrogens (primary N) is 1. The maximum Gasteiger partial charge on any atom is 0.410 e. The Morgan fingerprint density at radius 3 is 1.66 bits per heavy atom. The van der Waals surface area contributed by atoms with Crippen LogP contribution in [-0.4, -0.2) is 59.0 Å². The van der Waals surface area contributed by atoms with Crippen molar-refractivity contribution in [2.24, 2.45) is 0 Å². The van der Waals surface area contributed by atoms with Gasteiger partial charge in [-0.25, -0.2) is 19.6 Å². The molecule has 6 aromatic heterocycles. The third-order valence-corrected chi connectivity index (χ3v) is 12.3. The number of ether oxygens (including phenoxy) is 2. The number of fused-ring (bicyclic) bond motifs is 4. The first-order valence-corrected chi connectivity index (χ1v) is 20.0. The molecule has 0 saturated heterocycles. The summed E-state index contributed by atoms with van der Waals surface area (Å²) in [5, 5.41) is 6.14. The van der Waals surface area contributed by atoms with Crippen LogP contribution in [0, 0.1) is 0 Å². The Morgan fingerprint density at radius 2 is 1.19 bits per heavy atom. The van der Waals surface area contributed by atoms with E-state index in [1.165, 1.54) is 29.6 Å². The van der Waals surface area contributed by atoms with Crippen molar-refractivity contribution in [1.29, 1.82) is 0 Å². The number of aromatic nitrogens is 4. The smallest absolute Gasteiger partial charge is 0.410 e. The summed E-state index contributed by atoms with van der Waals surface area (Å²) < 4.78 is 13.1. The molecule has 13 nitrogen and oxygen atoms in total. The first-order valence-electron chi connectivity index (χ1n) is 16.7. The molecule has 0 radical (unpaired) electrons. The molecule has 2 aliphatic heterocycles. The summed E-state index contributed by atoms with van der Waals surface area (Å²) in [6.07, 6.45) is 6.35. The molecule has 0 fully saturated rings. The van der Waals surface area contributed by atoms with Crippen LogP contribution < -0.4 is 11.1 Å². The number of carbonyl (C=O) groups excluding carboxylic acids is 3. The largest absolute Gasteiger partial charge is 0.444 e. The van der Waals surface area contributed by atoms with Gasteiger partial charge < -0.3 is 20.5 Å². The maximum absolute atomic E-state index is 12.5. The summed E-state index contributed by atoms with van der Waals surface area (Å²) in [7, 11) is 0. The third kappa shape index (κ3) is 7.83. The van der Waals surface area contributed by atoms with E-state index >= 15 is 0 Å². The molecule has 3 N–H and O–H groups in total. The van der Waals surface area contributed by atoms with Crippen LogP contribution in [0.15, 0.2) is 36.9 Å². The quantitative estimate of drug-likeness (QED) is 0.177. The van der Waals surface area contributed by atoms with E-state index in [1.807, 2.05) is 53.7 Å². The minimum absolute atomic E-state index is 0.132. The van der Waals surface area contributed by atoms with Gasteiger partial charge in [0, 0.05) is 34.6 Å². The van der Waals surface area contributed by atoms with Gasteiger partial charge in [0.2, 0.25) is 5.91 Å². The molecule has 17 heteroatoms. The number of nitrogen functional groups attached to an aromatic ring is 1. The Hall–Kier alpha value is -4.71. The first kappa shape index (κ1) is 36.6. The average Bonchev–Trinajstić information content (AvgIpc) is 3.88. The Bertz CT molecular complexity index is 2320. The van der Waals surface area contributed by atoms with Gasteiger partial charge in [0.1, 0.15) is 37.3 Å². The van der Waals surface area contributed by atoms with Crippen molar-refractivity contribution in [3.8, 4) is 21.1 Å². The molecule has 0 aromatic carbocycles. The average molecular weight is 791 g/mol. The van der Waals surface area contributed by atoms with Crippen molar-refractivity contribution in [3.63, 3.8) is 0 Å². The monoisotopic (exact) mass is 790 g/mol. The lowest BCUT2D eigenvalue weighted by Crippen LogP contribution is -2.33. The van der Waals surface area contributed by atoms with E-state index < -0.39 is 11.2 Å². The van der Waals surface area contributed by atoms with E-state index in [9.17, 15) is 14.4 Å². The normalized spacial score (nSPS) is 13.9. The SMILES string of the molecule is CC(=O)Nc1sc2c(c1-c1nc3cnccc3s1)CN(C(=O)OC(C)(C)C)C2.CC(C)(C)OC(=O)N1Cc2sc(N)c(-c3nc4cnccc4s3)c2C1. The second kappa shape index (κ2) is 13.9. The number of thiophene rings is 2. The van der Waals surface area contributed by atoms with Crippen LogP contribution in [0.4, 0.5) is 19.6 Å². The minimum atomic E-state index is -0.544. The van der Waals surface area contributed by atoms with Gasteiger partial charge in [-0.2, -0.15) is 0 Å². The number of anilines is 2. The van der Waals surface area contributed by atoms with Gasteiger partial charge in [0.15, 0.2) is 0 Å². The van der Waals surface area contributed by atoms with Gasteiger partial charge in [0.25, 0.3) is 0 Å².